The van der Waals surface area contributed by atoms with Gasteiger partial charge in [0.25, 0.3) is 5.56 Å². The fraction of sp³-hybridized carbons (Fsp3) is 0.529. The van der Waals surface area contributed by atoms with Crippen LogP contribution in [0, 0.1) is 0 Å². The van der Waals surface area contributed by atoms with Crippen molar-refractivity contribution in [1.82, 2.24) is 24.7 Å². The van der Waals surface area contributed by atoms with Gasteiger partial charge in [-0.2, -0.15) is 10.1 Å². The highest BCUT2D eigenvalue weighted by Gasteiger charge is 2.23. The third-order valence-corrected chi connectivity index (χ3v) is 5.38. The molecule has 0 spiro atoms. The van der Waals surface area contributed by atoms with E-state index in [4.69, 9.17) is 4.98 Å². The van der Waals surface area contributed by atoms with Crippen molar-refractivity contribution in [2.75, 3.05) is 36.0 Å². The van der Waals surface area contributed by atoms with Gasteiger partial charge in [0, 0.05) is 37.8 Å². The topological polar surface area (TPSA) is 82.9 Å². The Labute approximate surface area is 155 Å². The van der Waals surface area contributed by atoms with Crippen molar-refractivity contribution in [1.29, 1.82) is 0 Å². The summed E-state index contributed by atoms with van der Waals surface area (Å²) in [6.45, 7) is 9.61. The Bertz CT molecular complexity index is 954. The zero-order valence-electron chi connectivity index (χ0n) is 15.3. The Hall–Kier alpha value is -2.42. The van der Waals surface area contributed by atoms with Gasteiger partial charge in [0.15, 0.2) is 10.8 Å². The molecule has 1 N–H and O–H groups in total. The molecule has 4 heterocycles. The van der Waals surface area contributed by atoms with Crippen LogP contribution in [0.2, 0.25) is 0 Å². The molecule has 9 heteroatoms. The Balaban J connectivity index is 1.65. The Kier molecular flexibility index (Phi) is 4.18. The summed E-state index contributed by atoms with van der Waals surface area (Å²) in [5.74, 6) is 0.620. The summed E-state index contributed by atoms with van der Waals surface area (Å²) in [5.41, 5.74) is 0.263. The van der Waals surface area contributed by atoms with E-state index >= 15 is 0 Å². The van der Waals surface area contributed by atoms with Gasteiger partial charge in [-0.3, -0.25) is 9.78 Å². The van der Waals surface area contributed by atoms with Crippen LogP contribution in [0.4, 0.5) is 11.1 Å². The number of fused-ring (bicyclic) bond motifs is 1. The molecule has 26 heavy (non-hydrogen) atoms. The molecular weight excluding hydrogens is 350 g/mol. The van der Waals surface area contributed by atoms with Crippen molar-refractivity contribution in [3.63, 3.8) is 0 Å². The largest absolute Gasteiger partial charge is 0.346 e. The fourth-order valence-corrected chi connectivity index (χ4v) is 3.94. The maximum absolute atomic E-state index is 12.5. The molecule has 0 saturated carbocycles. The number of nitrogens with one attached hydrogen (secondary N) is 1. The number of hydrogen-bond donors (Lipinski definition) is 1. The maximum atomic E-state index is 12.5. The summed E-state index contributed by atoms with van der Waals surface area (Å²) < 4.78 is 1.82. The van der Waals surface area contributed by atoms with Crippen LogP contribution < -0.4 is 15.4 Å². The van der Waals surface area contributed by atoms with Crippen molar-refractivity contribution in [3.05, 3.63) is 28.1 Å². The van der Waals surface area contributed by atoms with Gasteiger partial charge in [-0.15, -0.1) is 11.3 Å². The lowest BCUT2D eigenvalue weighted by molar-refractivity contribution is 0.366. The van der Waals surface area contributed by atoms with Gasteiger partial charge >= 0.3 is 0 Å². The highest BCUT2D eigenvalue weighted by molar-refractivity contribution is 7.13. The third-order valence-electron chi connectivity index (χ3n) is 4.55. The van der Waals surface area contributed by atoms with Crippen LogP contribution in [0.25, 0.3) is 11.0 Å². The first-order chi connectivity index (χ1) is 12.4. The van der Waals surface area contributed by atoms with Crippen molar-refractivity contribution in [3.8, 4) is 0 Å². The lowest BCUT2D eigenvalue weighted by Crippen LogP contribution is -2.33. The molecule has 0 unspecified atom stereocenters. The quantitative estimate of drug-likeness (QED) is 0.740. The number of aromatic amines is 1. The second kappa shape index (κ2) is 6.39. The summed E-state index contributed by atoms with van der Waals surface area (Å²) in [6.07, 6.45) is 4.42. The third kappa shape index (κ3) is 3.07. The summed E-state index contributed by atoms with van der Waals surface area (Å²) in [5, 5.41) is 7.96. The molecule has 1 aliphatic heterocycles. The monoisotopic (exact) mass is 373 g/mol. The van der Waals surface area contributed by atoms with Crippen LogP contribution >= 0.6 is 11.3 Å². The van der Waals surface area contributed by atoms with Gasteiger partial charge in [0.05, 0.1) is 11.7 Å². The minimum Gasteiger partial charge on any atom is -0.346 e. The fourth-order valence-electron chi connectivity index (χ4n) is 3.24. The summed E-state index contributed by atoms with van der Waals surface area (Å²) in [7, 11) is 0. The summed E-state index contributed by atoms with van der Waals surface area (Å²) in [4.78, 5) is 29.1. The van der Waals surface area contributed by atoms with Crippen molar-refractivity contribution >= 4 is 33.5 Å². The molecule has 3 aromatic rings. The molecule has 0 atom stereocenters. The molecule has 0 radical (unpaired) electrons. The SMILES string of the molecule is CC(C)(C)n1ncc2c(=O)[nH]c(N3CCCN(c4nccs4)CC3)nc21. The maximum Gasteiger partial charge on any atom is 0.263 e. The Morgan fingerprint density at radius 3 is 2.65 bits per heavy atom. The molecule has 8 nitrogen and oxygen atoms in total. The molecule has 1 fully saturated rings. The number of H-pyrrole nitrogens is 1. The lowest BCUT2D eigenvalue weighted by atomic mass is 10.1. The van der Waals surface area contributed by atoms with E-state index in [0.717, 1.165) is 37.7 Å². The molecule has 1 aliphatic rings. The van der Waals surface area contributed by atoms with E-state index < -0.39 is 0 Å². The van der Waals surface area contributed by atoms with E-state index in [0.29, 0.717) is 17.0 Å². The van der Waals surface area contributed by atoms with Gasteiger partial charge in [-0.05, 0) is 27.2 Å². The number of anilines is 2. The van der Waals surface area contributed by atoms with E-state index in [1.807, 2.05) is 16.3 Å². The molecule has 0 amide bonds. The second-order valence-corrected chi connectivity index (χ2v) is 8.37. The molecule has 0 aliphatic carbocycles. The molecule has 1 saturated heterocycles. The number of thiazole rings is 1. The number of hydrogen-bond acceptors (Lipinski definition) is 7. The van der Waals surface area contributed by atoms with Crippen molar-refractivity contribution < 1.29 is 0 Å². The number of nitrogens with zero attached hydrogens (tertiary/aromatic N) is 6. The first kappa shape index (κ1) is 17.0. The van der Waals surface area contributed by atoms with Gasteiger partial charge in [0.2, 0.25) is 5.95 Å². The smallest absolute Gasteiger partial charge is 0.263 e. The zero-order chi connectivity index (χ0) is 18.3. The van der Waals surface area contributed by atoms with Crippen LogP contribution in [-0.2, 0) is 5.54 Å². The normalized spacial score (nSPS) is 16.3. The molecule has 0 bridgehead atoms. The first-order valence-corrected chi connectivity index (χ1v) is 9.69. The predicted molar refractivity (Wildman–Crippen MR) is 104 cm³/mol. The van der Waals surface area contributed by atoms with Gasteiger partial charge in [-0.25, -0.2) is 9.67 Å². The van der Waals surface area contributed by atoms with E-state index in [1.54, 1.807) is 17.5 Å². The molecule has 138 valence electrons. The van der Waals surface area contributed by atoms with E-state index in [2.05, 4.69) is 45.6 Å². The minimum absolute atomic E-state index is 0.137. The van der Waals surface area contributed by atoms with Crippen molar-refractivity contribution in [2.24, 2.45) is 0 Å². The zero-order valence-corrected chi connectivity index (χ0v) is 16.1. The van der Waals surface area contributed by atoms with Crippen LogP contribution in [0.3, 0.4) is 0 Å². The van der Waals surface area contributed by atoms with Gasteiger partial charge < -0.3 is 9.80 Å². The predicted octanol–water partition coefficient (Wildman–Crippen LogP) is 2.05. The lowest BCUT2D eigenvalue weighted by Gasteiger charge is -2.23. The van der Waals surface area contributed by atoms with Crippen LogP contribution in [0.1, 0.15) is 27.2 Å². The summed E-state index contributed by atoms with van der Waals surface area (Å²) >= 11 is 1.66. The van der Waals surface area contributed by atoms with Crippen LogP contribution in [0.5, 0.6) is 0 Å². The number of aromatic nitrogens is 5. The average molecular weight is 373 g/mol. The summed E-state index contributed by atoms with van der Waals surface area (Å²) in [6, 6.07) is 0. The van der Waals surface area contributed by atoms with Crippen LogP contribution in [0.15, 0.2) is 22.6 Å². The Morgan fingerprint density at radius 2 is 1.92 bits per heavy atom. The highest BCUT2D eigenvalue weighted by Crippen LogP contribution is 2.22. The number of rotatable bonds is 2. The van der Waals surface area contributed by atoms with Gasteiger partial charge in [-0.1, -0.05) is 0 Å². The highest BCUT2D eigenvalue weighted by atomic mass is 32.1. The molecule has 3 aromatic heterocycles. The second-order valence-electron chi connectivity index (χ2n) is 7.50. The molecular formula is C17H23N7OS. The minimum atomic E-state index is -0.236. The first-order valence-electron chi connectivity index (χ1n) is 8.81. The average Bonchev–Trinajstić information content (AvgIpc) is 3.20. The van der Waals surface area contributed by atoms with Gasteiger partial charge in [0.1, 0.15) is 5.39 Å². The van der Waals surface area contributed by atoms with Crippen LogP contribution in [-0.4, -0.2) is 50.9 Å². The van der Waals surface area contributed by atoms with E-state index in [1.165, 1.54) is 0 Å². The van der Waals surface area contributed by atoms with E-state index in [9.17, 15) is 4.79 Å². The Morgan fingerprint density at radius 1 is 1.15 bits per heavy atom. The van der Waals surface area contributed by atoms with E-state index in [-0.39, 0.29) is 11.1 Å². The molecule has 4 rings (SSSR count). The molecule has 0 aromatic carbocycles. The standard InChI is InChI=1S/C17H23N7OS/c1-17(2,3)24-13-12(11-19-24)14(25)21-15(20-13)22-6-4-7-23(9-8-22)16-18-5-10-26-16/h5,10-11H,4,6-9H2,1-3H3,(H,20,21,25). The van der Waals surface area contributed by atoms with Crippen molar-refractivity contribution in [2.45, 2.75) is 32.7 Å².